The number of benzene rings is 1. The molecule has 0 aliphatic carbocycles. The molecule has 0 amide bonds. The van der Waals surface area contributed by atoms with Gasteiger partial charge in [-0.3, -0.25) is 0 Å². The Kier molecular flexibility index (Phi) is 6.48. The molecule has 18 heavy (non-hydrogen) atoms. The van der Waals surface area contributed by atoms with E-state index in [4.69, 9.17) is 23.2 Å². The lowest BCUT2D eigenvalue weighted by molar-refractivity contribution is 0.107. The van der Waals surface area contributed by atoms with Gasteiger partial charge in [-0.1, -0.05) is 62.0 Å². The lowest BCUT2D eigenvalue weighted by atomic mass is 9.76. The van der Waals surface area contributed by atoms with Crippen molar-refractivity contribution in [3.05, 3.63) is 33.8 Å². The van der Waals surface area contributed by atoms with Crippen LogP contribution in [-0.4, -0.2) is 11.7 Å². The Bertz CT molecular complexity index is 373. The maximum atomic E-state index is 9.75. The van der Waals surface area contributed by atoms with Gasteiger partial charge in [0.2, 0.25) is 0 Å². The van der Waals surface area contributed by atoms with Crippen molar-refractivity contribution in [2.75, 3.05) is 6.61 Å². The van der Waals surface area contributed by atoms with E-state index < -0.39 is 0 Å². The van der Waals surface area contributed by atoms with Crippen LogP contribution in [0.3, 0.4) is 0 Å². The fourth-order valence-electron chi connectivity index (χ4n) is 2.28. The molecule has 0 aromatic heterocycles. The van der Waals surface area contributed by atoms with Crippen LogP contribution in [0.25, 0.3) is 0 Å². The second-order valence-electron chi connectivity index (χ2n) is 5.00. The molecule has 1 N–H and O–H groups in total. The normalized spacial score (nSPS) is 14.5. The Hall–Kier alpha value is -0.240. The van der Waals surface area contributed by atoms with Gasteiger partial charge in [-0.05, 0) is 36.3 Å². The third-order valence-corrected chi connectivity index (χ3v) is 4.60. The summed E-state index contributed by atoms with van der Waals surface area (Å²) in [4.78, 5) is 0. The van der Waals surface area contributed by atoms with Crippen molar-refractivity contribution in [1.29, 1.82) is 0 Å². The summed E-state index contributed by atoms with van der Waals surface area (Å²) in [6.07, 6.45) is 5.04. The number of halogens is 2. The zero-order valence-electron chi connectivity index (χ0n) is 11.2. The van der Waals surface area contributed by atoms with E-state index in [0.29, 0.717) is 10.0 Å². The highest BCUT2D eigenvalue weighted by Gasteiger charge is 2.28. The zero-order chi connectivity index (χ0) is 13.6. The summed E-state index contributed by atoms with van der Waals surface area (Å²) in [6, 6.07) is 5.72. The number of rotatable bonds is 7. The molecule has 0 radical (unpaired) electrons. The van der Waals surface area contributed by atoms with Crippen LogP contribution < -0.4 is 0 Å². The molecule has 0 saturated carbocycles. The number of hydrogen-bond acceptors (Lipinski definition) is 1. The second-order valence-corrected chi connectivity index (χ2v) is 5.79. The predicted octanol–water partition coefficient (Wildman–Crippen LogP) is 5.11. The van der Waals surface area contributed by atoms with Crippen LogP contribution in [0.4, 0.5) is 0 Å². The molecule has 0 aliphatic rings. The first-order valence-corrected chi connectivity index (χ1v) is 7.38. The quantitative estimate of drug-likeness (QED) is 0.739. The Morgan fingerprint density at radius 2 is 1.94 bits per heavy atom. The highest BCUT2D eigenvalue weighted by atomic mass is 35.5. The summed E-state index contributed by atoms with van der Waals surface area (Å²) in [5, 5.41) is 11.0. The van der Waals surface area contributed by atoms with Crippen molar-refractivity contribution in [3.63, 3.8) is 0 Å². The number of aliphatic hydroxyl groups is 1. The largest absolute Gasteiger partial charge is 0.396 e. The number of hydrogen-bond donors (Lipinski definition) is 1. The molecule has 0 saturated heterocycles. The van der Waals surface area contributed by atoms with E-state index in [0.717, 1.165) is 37.7 Å². The van der Waals surface area contributed by atoms with Crippen molar-refractivity contribution < 1.29 is 5.11 Å². The van der Waals surface area contributed by atoms with Crippen molar-refractivity contribution in [3.8, 4) is 0 Å². The van der Waals surface area contributed by atoms with Gasteiger partial charge in [-0.25, -0.2) is 0 Å². The van der Waals surface area contributed by atoms with E-state index in [1.165, 1.54) is 0 Å². The number of aliphatic hydroxyl groups excluding tert-OH is 1. The molecular weight excluding hydrogens is 267 g/mol. The summed E-state index contributed by atoms with van der Waals surface area (Å²) in [6.45, 7) is 4.50. The van der Waals surface area contributed by atoms with Gasteiger partial charge in [0.15, 0.2) is 0 Å². The first-order chi connectivity index (χ1) is 8.58. The first-order valence-electron chi connectivity index (χ1n) is 6.62. The maximum Gasteiger partial charge on any atom is 0.0624 e. The molecule has 1 nitrogen and oxygen atoms in total. The monoisotopic (exact) mass is 288 g/mol. The summed E-state index contributed by atoms with van der Waals surface area (Å²) in [5.74, 6) is 0. The molecule has 1 unspecified atom stereocenters. The average molecular weight is 289 g/mol. The van der Waals surface area contributed by atoms with E-state index in [1.54, 1.807) is 6.07 Å². The second kappa shape index (κ2) is 7.37. The van der Waals surface area contributed by atoms with Crippen LogP contribution in [0.2, 0.25) is 10.0 Å². The Labute approximate surface area is 120 Å². The van der Waals surface area contributed by atoms with Gasteiger partial charge in [0.25, 0.3) is 0 Å². The minimum absolute atomic E-state index is 0.0651. The van der Waals surface area contributed by atoms with Gasteiger partial charge < -0.3 is 5.11 Å². The zero-order valence-corrected chi connectivity index (χ0v) is 12.7. The fraction of sp³-hybridized carbons (Fsp3) is 0.600. The fourth-order valence-corrected chi connectivity index (χ4v) is 2.66. The molecule has 1 aromatic carbocycles. The molecule has 0 fully saturated rings. The third kappa shape index (κ3) is 3.88. The van der Waals surface area contributed by atoms with Gasteiger partial charge in [0, 0.05) is 6.61 Å². The highest BCUT2D eigenvalue weighted by Crippen LogP contribution is 2.36. The molecule has 3 heteroatoms. The molecule has 0 aliphatic heterocycles. The van der Waals surface area contributed by atoms with Gasteiger partial charge >= 0.3 is 0 Å². The SMILES string of the molecule is CCCCC(CC)(CO)Cc1cccc(Cl)c1Cl. The van der Waals surface area contributed by atoms with E-state index >= 15 is 0 Å². The summed E-state index contributed by atoms with van der Waals surface area (Å²) < 4.78 is 0. The molecule has 1 aromatic rings. The minimum atomic E-state index is -0.0651. The molecule has 1 atom stereocenters. The predicted molar refractivity (Wildman–Crippen MR) is 79.5 cm³/mol. The Morgan fingerprint density at radius 3 is 2.50 bits per heavy atom. The minimum Gasteiger partial charge on any atom is -0.396 e. The van der Waals surface area contributed by atoms with E-state index in [1.807, 2.05) is 12.1 Å². The van der Waals surface area contributed by atoms with E-state index in [-0.39, 0.29) is 12.0 Å². The van der Waals surface area contributed by atoms with Crippen LogP contribution in [0.15, 0.2) is 18.2 Å². The highest BCUT2D eigenvalue weighted by molar-refractivity contribution is 6.42. The summed E-state index contributed by atoms with van der Waals surface area (Å²) in [7, 11) is 0. The van der Waals surface area contributed by atoms with Gasteiger partial charge in [0.05, 0.1) is 10.0 Å². The molecule has 0 bridgehead atoms. The Morgan fingerprint density at radius 1 is 1.22 bits per heavy atom. The van der Waals surface area contributed by atoms with Crippen LogP contribution in [0.5, 0.6) is 0 Å². The lowest BCUT2D eigenvalue weighted by Crippen LogP contribution is -2.27. The van der Waals surface area contributed by atoms with Gasteiger partial charge in [-0.15, -0.1) is 0 Å². The molecule has 1 rings (SSSR count). The topological polar surface area (TPSA) is 20.2 Å². The molecule has 0 heterocycles. The van der Waals surface area contributed by atoms with Crippen molar-refractivity contribution in [2.45, 2.75) is 46.0 Å². The van der Waals surface area contributed by atoms with Crippen LogP contribution in [0, 0.1) is 5.41 Å². The van der Waals surface area contributed by atoms with Crippen molar-refractivity contribution >= 4 is 23.2 Å². The Balaban J connectivity index is 2.92. The average Bonchev–Trinajstić information content (AvgIpc) is 2.40. The molecule has 0 spiro atoms. The maximum absolute atomic E-state index is 9.75. The van der Waals surface area contributed by atoms with E-state index in [2.05, 4.69) is 13.8 Å². The summed E-state index contributed by atoms with van der Waals surface area (Å²) in [5.41, 5.74) is 0.973. The van der Waals surface area contributed by atoms with Crippen LogP contribution in [-0.2, 0) is 6.42 Å². The first kappa shape index (κ1) is 15.8. The summed E-state index contributed by atoms with van der Waals surface area (Å²) >= 11 is 12.3. The van der Waals surface area contributed by atoms with Crippen LogP contribution >= 0.6 is 23.2 Å². The third-order valence-electron chi connectivity index (χ3n) is 3.74. The van der Waals surface area contributed by atoms with Gasteiger partial charge in [0.1, 0.15) is 0 Å². The smallest absolute Gasteiger partial charge is 0.0624 e. The van der Waals surface area contributed by atoms with E-state index in [9.17, 15) is 5.11 Å². The standard InChI is InChI=1S/C15H22Cl2O/c1-3-5-9-15(4-2,11-18)10-12-7-6-8-13(16)14(12)17/h6-8,18H,3-5,9-11H2,1-2H3. The van der Waals surface area contributed by atoms with Crippen LogP contribution in [0.1, 0.15) is 45.1 Å². The lowest BCUT2D eigenvalue weighted by Gasteiger charge is -2.31. The molecule has 102 valence electrons. The number of unbranched alkanes of at least 4 members (excludes halogenated alkanes) is 1. The van der Waals surface area contributed by atoms with Crippen molar-refractivity contribution in [2.24, 2.45) is 5.41 Å². The molecular formula is C15H22Cl2O. The van der Waals surface area contributed by atoms with Crippen molar-refractivity contribution in [1.82, 2.24) is 0 Å². The van der Waals surface area contributed by atoms with Gasteiger partial charge in [-0.2, -0.15) is 0 Å².